The number of aromatic nitrogens is 1. The van der Waals surface area contributed by atoms with Crippen LogP contribution in [0.5, 0.6) is 11.5 Å². The van der Waals surface area contributed by atoms with Crippen LogP contribution in [0.1, 0.15) is 35.5 Å². The lowest BCUT2D eigenvalue weighted by Gasteiger charge is -2.14. The minimum absolute atomic E-state index is 0.0291. The molecular weight excluding hydrogens is 438 g/mol. The van der Waals surface area contributed by atoms with Crippen LogP contribution in [0.2, 0.25) is 0 Å². The van der Waals surface area contributed by atoms with Crippen molar-refractivity contribution in [2.75, 3.05) is 17.1 Å². The van der Waals surface area contributed by atoms with Gasteiger partial charge in [-0.05, 0) is 30.3 Å². The Morgan fingerprint density at radius 3 is 2.48 bits per heavy atom. The van der Waals surface area contributed by atoms with Crippen molar-refractivity contribution in [1.82, 2.24) is 4.98 Å². The minimum Gasteiger partial charge on any atom is -0.506 e. The second-order valence-corrected chi connectivity index (χ2v) is 10.4. The standard InChI is InChI=1S/C21H23N3O5S2/c1-21(2,3)20-22-12-18(30-20)19(26)23-15-11-13(9-10-16(15)25)31(27,28)24-14-7-5-6-8-17(14)29-4/h5-12,24-25H,1-4H3,(H,23,26). The number of amides is 1. The molecule has 0 saturated carbocycles. The molecule has 1 heterocycles. The van der Waals surface area contributed by atoms with E-state index in [2.05, 4.69) is 15.0 Å². The van der Waals surface area contributed by atoms with Gasteiger partial charge >= 0.3 is 0 Å². The second-order valence-electron chi connectivity index (χ2n) is 7.72. The van der Waals surface area contributed by atoms with Crippen molar-refractivity contribution in [3.63, 3.8) is 0 Å². The lowest BCUT2D eigenvalue weighted by molar-refractivity contribution is 0.103. The monoisotopic (exact) mass is 461 g/mol. The van der Waals surface area contributed by atoms with Crippen molar-refractivity contribution in [3.05, 3.63) is 58.5 Å². The van der Waals surface area contributed by atoms with Gasteiger partial charge in [-0.2, -0.15) is 0 Å². The molecule has 0 saturated heterocycles. The topological polar surface area (TPSA) is 118 Å². The quantitative estimate of drug-likeness (QED) is 0.474. The van der Waals surface area contributed by atoms with Crippen LogP contribution in [-0.4, -0.2) is 31.5 Å². The van der Waals surface area contributed by atoms with Crippen molar-refractivity contribution in [2.24, 2.45) is 0 Å². The third-order valence-corrected chi connectivity index (χ3v) is 7.03. The number of phenols is 1. The summed E-state index contributed by atoms with van der Waals surface area (Å²) in [5.41, 5.74) is 0.0328. The van der Waals surface area contributed by atoms with Gasteiger partial charge in [0, 0.05) is 5.41 Å². The molecule has 0 aliphatic carbocycles. The van der Waals surface area contributed by atoms with E-state index in [4.69, 9.17) is 4.74 Å². The fourth-order valence-electron chi connectivity index (χ4n) is 2.62. The Morgan fingerprint density at radius 2 is 1.84 bits per heavy atom. The Kier molecular flexibility index (Phi) is 6.23. The number of para-hydroxylation sites is 2. The minimum atomic E-state index is -4.00. The first-order valence-corrected chi connectivity index (χ1v) is 11.6. The molecule has 10 heteroatoms. The van der Waals surface area contributed by atoms with Crippen LogP contribution in [0, 0.1) is 0 Å². The maximum atomic E-state index is 12.8. The van der Waals surface area contributed by atoms with Crippen LogP contribution in [0.25, 0.3) is 0 Å². The van der Waals surface area contributed by atoms with Crippen LogP contribution < -0.4 is 14.8 Å². The molecule has 2 aromatic carbocycles. The number of phenolic OH excluding ortho intramolecular Hbond substituents is 1. The van der Waals surface area contributed by atoms with Gasteiger partial charge in [0.25, 0.3) is 15.9 Å². The second kappa shape index (κ2) is 8.56. The van der Waals surface area contributed by atoms with E-state index in [9.17, 15) is 18.3 Å². The summed E-state index contributed by atoms with van der Waals surface area (Å²) < 4.78 is 33.3. The summed E-state index contributed by atoms with van der Waals surface area (Å²) in [7, 11) is -2.57. The number of ether oxygens (including phenoxy) is 1. The number of thiazole rings is 1. The Bertz CT molecular complexity index is 1210. The number of rotatable bonds is 6. The first-order chi connectivity index (χ1) is 14.5. The van der Waals surface area contributed by atoms with Gasteiger partial charge in [-0.1, -0.05) is 32.9 Å². The van der Waals surface area contributed by atoms with Crippen LogP contribution in [0.3, 0.4) is 0 Å². The van der Waals surface area contributed by atoms with Crippen molar-refractivity contribution in [3.8, 4) is 11.5 Å². The smallest absolute Gasteiger partial charge is 0.267 e. The van der Waals surface area contributed by atoms with Crippen LogP contribution in [-0.2, 0) is 15.4 Å². The fraction of sp³-hybridized carbons (Fsp3) is 0.238. The van der Waals surface area contributed by atoms with Crippen LogP contribution in [0.4, 0.5) is 11.4 Å². The SMILES string of the molecule is COc1ccccc1NS(=O)(=O)c1ccc(O)c(NC(=O)c2cnc(C(C)(C)C)s2)c1. The highest BCUT2D eigenvalue weighted by molar-refractivity contribution is 7.92. The molecule has 3 aromatic rings. The van der Waals surface area contributed by atoms with E-state index in [1.165, 1.54) is 42.8 Å². The van der Waals surface area contributed by atoms with Gasteiger partial charge in [-0.15, -0.1) is 11.3 Å². The summed E-state index contributed by atoms with van der Waals surface area (Å²) in [6.45, 7) is 5.97. The zero-order valence-corrected chi connectivity index (χ0v) is 19.1. The maximum absolute atomic E-state index is 12.8. The van der Waals surface area contributed by atoms with Gasteiger partial charge in [0.2, 0.25) is 0 Å². The Balaban J connectivity index is 1.86. The number of benzene rings is 2. The third kappa shape index (κ3) is 5.15. The molecule has 0 radical (unpaired) electrons. The van der Waals surface area contributed by atoms with E-state index >= 15 is 0 Å². The highest BCUT2D eigenvalue weighted by Gasteiger charge is 2.22. The zero-order valence-electron chi connectivity index (χ0n) is 17.5. The first kappa shape index (κ1) is 22.6. The lowest BCUT2D eigenvalue weighted by atomic mass is 9.98. The van der Waals surface area contributed by atoms with Gasteiger partial charge in [0.05, 0.1) is 34.6 Å². The zero-order chi connectivity index (χ0) is 22.8. The van der Waals surface area contributed by atoms with Crippen LogP contribution >= 0.6 is 11.3 Å². The fourth-order valence-corrected chi connectivity index (χ4v) is 4.59. The number of hydrogen-bond donors (Lipinski definition) is 3. The predicted molar refractivity (Wildman–Crippen MR) is 121 cm³/mol. The van der Waals surface area contributed by atoms with Crippen molar-refractivity contribution in [1.29, 1.82) is 0 Å². The third-order valence-electron chi connectivity index (χ3n) is 4.25. The number of methoxy groups -OCH3 is 1. The number of carbonyl (C=O) groups excluding carboxylic acids is 1. The van der Waals surface area contributed by atoms with E-state index in [0.29, 0.717) is 10.6 Å². The van der Waals surface area contributed by atoms with Gasteiger partial charge in [0.15, 0.2) is 0 Å². The average molecular weight is 462 g/mol. The number of nitrogens with one attached hydrogen (secondary N) is 2. The first-order valence-electron chi connectivity index (χ1n) is 9.28. The molecule has 0 spiro atoms. The van der Waals surface area contributed by atoms with E-state index in [0.717, 1.165) is 5.01 Å². The predicted octanol–water partition coefficient (Wildman–Crippen LogP) is 4.21. The molecule has 1 aromatic heterocycles. The molecule has 8 nitrogen and oxygen atoms in total. The van der Waals surface area contributed by atoms with Crippen molar-refractivity contribution in [2.45, 2.75) is 31.1 Å². The average Bonchev–Trinajstić information content (AvgIpc) is 3.20. The summed E-state index contributed by atoms with van der Waals surface area (Å²) >= 11 is 1.24. The van der Waals surface area contributed by atoms with Crippen molar-refractivity contribution < 1.29 is 23.1 Å². The Morgan fingerprint density at radius 1 is 1.13 bits per heavy atom. The summed E-state index contributed by atoms with van der Waals surface area (Å²) in [4.78, 5) is 17.1. The number of anilines is 2. The highest BCUT2D eigenvalue weighted by Crippen LogP contribution is 2.31. The molecule has 164 valence electrons. The lowest BCUT2D eigenvalue weighted by Crippen LogP contribution is -2.15. The van der Waals surface area contributed by atoms with Gasteiger partial charge in [0.1, 0.15) is 16.4 Å². The van der Waals surface area contributed by atoms with Gasteiger partial charge in [-0.3, -0.25) is 9.52 Å². The molecule has 3 N–H and O–H groups in total. The van der Waals surface area contributed by atoms with Gasteiger partial charge in [-0.25, -0.2) is 13.4 Å². The number of hydrogen-bond acceptors (Lipinski definition) is 7. The highest BCUT2D eigenvalue weighted by atomic mass is 32.2. The summed E-state index contributed by atoms with van der Waals surface area (Å²) in [5, 5.41) is 13.5. The molecule has 0 aliphatic heterocycles. The summed E-state index contributed by atoms with van der Waals surface area (Å²) in [6, 6.07) is 10.2. The van der Waals surface area contributed by atoms with E-state index in [1.807, 2.05) is 20.8 Å². The summed E-state index contributed by atoms with van der Waals surface area (Å²) in [6.07, 6.45) is 1.46. The maximum Gasteiger partial charge on any atom is 0.267 e. The van der Waals surface area contributed by atoms with Crippen molar-refractivity contribution >= 4 is 38.6 Å². The Hall–Kier alpha value is -3.11. The molecule has 31 heavy (non-hydrogen) atoms. The molecule has 0 atom stereocenters. The van der Waals surface area contributed by atoms with E-state index in [1.54, 1.807) is 24.3 Å². The summed E-state index contributed by atoms with van der Waals surface area (Å²) in [5.74, 6) is -0.390. The molecule has 0 bridgehead atoms. The molecule has 0 aliphatic rings. The molecule has 0 fully saturated rings. The largest absolute Gasteiger partial charge is 0.506 e. The molecule has 1 amide bonds. The Labute approximate surface area is 185 Å². The van der Waals surface area contributed by atoms with E-state index < -0.39 is 15.9 Å². The number of aromatic hydroxyl groups is 1. The van der Waals surface area contributed by atoms with Crippen LogP contribution in [0.15, 0.2) is 53.6 Å². The number of carbonyl (C=O) groups is 1. The molecule has 3 rings (SSSR count). The number of sulfonamides is 1. The van der Waals surface area contributed by atoms with E-state index in [-0.39, 0.29) is 27.4 Å². The number of nitrogens with zero attached hydrogens (tertiary/aromatic N) is 1. The molecular formula is C21H23N3O5S2. The molecule has 0 unspecified atom stereocenters. The van der Waals surface area contributed by atoms with Gasteiger partial charge < -0.3 is 15.2 Å². The normalized spacial score (nSPS) is 11.7.